The van der Waals surface area contributed by atoms with E-state index in [4.69, 9.17) is 17.3 Å². The summed E-state index contributed by atoms with van der Waals surface area (Å²) in [5, 5.41) is 25.9. The number of unbranched alkanes of at least 4 members (excludes halogenated alkanes) is 1. The molecule has 0 radical (unpaired) electrons. The minimum atomic E-state index is -1.64. The maximum atomic E-state index is 14.0. The van der Waals surface area contributed by atoms with Gasteiger partial charge in [-0.25, -0.2) is 5.84 Å². The van der Waals surface area contributed by atoms with E-state index in [-0.39, 0.29) is 50.0 Å². The summed E-state index contributed by atoms with van der Waals surface area (Å²) < 4.78 is 0. The lowest BCUT2D eigenvalue weighted by molar-refractivity contribution is -0.138. The monoisotopic (exact) mass is 973 g/mol. The summed E-state index contributed by atoms with van der Waals surface area (Å²) in [6.45, 7) is 17.9. The molecule has 14 N–H and O–H groups in total. The van der Waals surface area contributed by atoms with Crippen molar-refractivity contribution in [1.82, 2.24) is 42.5 Å². The SMILES string of the molecule is CC(=O)NC(C(=O)NCC(=O)N[C@@H](CC(C)C)C(=O)NC(C)(C)C(=O)NC(C(=O)N[C@@H](CCCCNC(=O)/C(N)=N/N(N)c1ccc(N(C)C)cc1)C(=O)N[C@@H](CC(C)C)C(N)=O)C(C)C)C(C)C. The zero-order valence-corrected chi connectivity index (χ0v) is 42.7. The van der Waals surface area contributed by atoms with E-state index < -0.39 is 107 Å². The molecule has 2 unspecified atom stereocenters. The molecule has 1 rings (SSSR count). The third kappa shape index (κ3) is 22.0. The minimum Gasteiger partial charge on any atom is -0.378 e. The van der Waals surface area contributed by atoms with Crippen molar-refractivity contribution in [3.63, 3.8) is 0 Å². The van der Waals surface area contributed by atoms with Gasteiger partial charge in [0.15, 0.2) is 0 Å². The van der Waals surface area contributed by atoms with Gasteiger partial charge in [-0.2, -0.15) is 5.12 Å². The van der Waals surface area contributed by atoms with Crippen LogP contribution in [0.25, 0.3) is 0 Å². The first kappa shape index (κ1) is 60.5. The molecule has 0 saturated carbocycles. The van der Waals surface area contributed by atoms with Gasteiger partial charge >= 0.3 is 0 Å². The molecule has 0 saturated heterocycles. The van der Waals surface area contributed by atoms with E-state index in [1.807, 2.05) is 58.8 Å². The molecule has 388 valence electrons. The quantitative estimate of drug-likeness (QED) is 0.0164. The van der Waals surface area contributed by atoms with E-state index in [0.717, 1.165) is 10.8 Å². The highest BCUT2D eigenvalue weighted by Crippen LogP contribution is 2.18. The minimum absolute atomic E-state index is 0.0146. The summed E-state index contributed by atoms with van der Waals surface area (Å²) in [6, 6.07) is 1.61. The van der Waals surface area contributed by atoms with Gasteiger partial charge in [0.1, 0.15) is 35.7 Å². The average molecular weight is 973 g/mol. The Morgan fingerprint density at radius 3 is 1.67 bits per heavy atom. The molecule has 0 aliphatic heterocycles. The van der Waals surface area contributed by atoms with Crippen molar-refractivity contribution in [2.45, 2.75) is 144 Å². The Balaban J connectivity index is 3.13. The van der Waals surface area contributed by atoms with Crippen molar-refractivity contribution >= 4 is 70.4 Å². The molecule has 0 aliphatic carbocycles. The van der Waals surface area contributed by atoms with Crippen LogP contribution in [0.15, 0.2) is 29.4 Å². The number of hydrazine groups is 1. The van der Waals surface area contributed by atoms with E-state index in [2.05, 4.69) is 47.6 Å². The van der Waals surface area contributed by atoms with Gasteiger partial charge in [0.2, 0.25) is 53.1 Å². The molecule has 23 nitrogen and oxygen atoms in total. The van der Waals surface area contributed by atoms with Gasteiger partial charge in [0, 0.05) is 33.3 Å². The van der Waals surface area contributed by atoms with Crippen LogP contribution in [-0.2, 0) is 43.2 Å². The van der Waals surface area contributed by atoms with Crippen molar-refractivity contribution in [1.29, 1.82) is 0 Å². The molecule has 0 aliphatic rings. The summed E-state index contributed by atoms with van der Waals surface area (Å²) in [7, 11) is 3.78. The van der Waals surface area contributed by atoms with Gasteiger partial charge < -0.3 is 58.9 Å². The van der Waals surface area contributed by atoms with Gasteiger partial charge in [-0.3, -0.25) is 43.2 Å². The van der Waals surface area contributed by atoms with E-state index >= 15 is 0 Å². The number of benzene rings is 1. The smallest absolute Gasteiger partial charge is 0.288 e. The van der Waals surface area contributed by atoms with Crippen molar-refractivity contribution in [3.05, 3.63) is 24.3 Å². The summed E-state index contributed by atoms with van der Waals surface area (Å²) in [4.78, 5) is 119. The summed E-state index contributed by atoms with van der Waals surface area (Å²) in [6.07, 6.45) is 1.07. The number of amidine groups is 1. The molecule has 1 aromatic rings. The fourth-order valence-corrected chi connectivity index (χ4v) is 6.70. The van der Waals surface area contributed by atoms with Crippen LogP contribution in [0.1, 0.15) is 108 Å². The number of hydrogen-bond acceptors (Lipinski definition) is 13. The zero-order valence-electron chi connectivity index (χ0n) is 42.7. The fraction of sp³-hybridized carbons (Fsp3) is 0.652. The molecule has 0 heterocycles. The van der Waals surface area contributed by atoms with Crippen LogP contribution in [0.5, 0.6) is 0 Å². The van der Waals surface area contributed by atoms with Crippen LogP contribution in [0, 0.1) is 23.7 Å². The maximum absolute atomic E-state index is 14.0. The number of anilines is 2. The Kier molecular flexibility index (Phi) is 25.2. The van der Waals surface area contributed by atoms with Crippen molar-refractivity contribution in [3.8, 4) is 0 Å². The lowest BCUT2D eigenvalue weighted by atomic mass is 9.97. The maximum Gasteiger partial charge on any atom is 0.288 e. The lowest BCUT2D eigenvalue weighted by Crippen LogP contribution is -2.63. The third-order valence-electron chi connectivity index (χ3n) is 10.6. The van der Waals surface area contributed by atoms with E-state index in [0.29, 0.717) is 12.1 Å². The first-order valence-electron chi connectivity index (χ1n) is 23.3. The summed E-state index contributed by atoms with van der Waals surface area (Å²) in [5.74, 6) is -1.29. The largest absolute Gasteiger partial charge is 0.378 e. The second kappa shape index (κ2) is 28.7. The lowest BCUT2D eigenvalue weighted by Gasteiger charge is -2.32. The van der Waals surface area contributed by atoms with Gasteiger partial charge in [-0.15, -0.1) is 5.10 Å². The van der Waals surface area contributed by atoms with Crippen LogP contribution >= 0.6 is 0 Å². The number of nitrogens with two attached hydrogens (primary N) is 3. The molecule has 69 heavy (non-hydrogen) atoms. The molecule has 0 spiro atoms. The van der Waals surface area contributed by atoms with E-state index in [1.54, 1.807) is 39.8 Å². The van der Waals surface area contributed by atoms with Crippen LogP contribution < -0.4 is 69.9 Å². The van der Waals surface area contributed by atoms with Crippen LogP contribution in [0.4, 0.5) is 11.4 Å². The number of hydrazone groups is 1. The third-order valence-corrected chi connectivity index (χ3v) is 10.6. The number of amides is 9. The molecule has 0 aromatic heterocycles. The Morgan fingerprint density at radius 2 is 1.16 bits per heavy atom. The molecular formula is C46H80N14O9. The topological polar surface area (TPSA) is 347 Å². The van der Waals surface area contributed by atoms with Gasteiger partial charge in [-0.05, 0) is 93.9 Å². The highest BCUT2D eigenvalue weighted by Gasteiger charge is 2.37. The van der Waals surface area contributed by atoms with Crippen molar-refractivity contribution in [2.24, 2.45) is 46.1 Å². The summed E-state index contributed by atoms with van der Waals surface area (Å²) in [5.41, 5.74) is 11.3. The average Bonchev–Trinajstić information content (AvgIpc) is 3.24. The molecule has 1 aromatic carbocycles. The first-order valence-corrected chi connectivity index (χ1v) is 23.3. The normalized spacial score (nSPS) is 13.9. The second-order valence-electron chi connectivity index (χ2n) is 19.3. The number of hydrogen-bond donors (Lipinski definition) is 11. The molecule has 23 heteroatoms. The van der Waals surface area contributed by atoms with Crippen molar-refractivity contribution < 1.29 is 43.2 Å². The molecular weight excluding hydrogens is 893 g/mol. The molecule has 5 atom stereocenters. The second-order valence-corrected chi connectivity index (χ2v) is 19.3. The number of rotatable bonds is 28. The Hall–Kier alpha value is -6.52. The molecule has 0 fully saturated rings. The standard InChI is InChI=1S/C46H80N14O9/c1-25(2)22-33(39(48)63)55-40(64)32(16-14-15-21-50-44(68)38(47)58-60(49)31-19-17-30(18-20-31)59(12)13)54-43(67)37(28(7)8)56-45(69)46(10,11)57-41(65)34(23-26(3)4)53-35(62)24-51-42(66)36(27(5)6)52-29(9)61/h17-20,25-28,32-34,36-37H,14-16,21-24,49H2,1-13H3,(H2,47,58)(H2,48,63)(H,50,68)(H,51,66)(H,52,61)(H,53,62)(H,54,67)(H,55,64)(H,56,69)(H,57,65)/t32-,33-,34-,36?,37?/m0/s1. The van der Waals surface area contributed by atoms with E-state index in [9.17, 15) is 43.2 Å². The van der Waals surface area contributed by atoms with Crippen LogP contribution in [0.2, 0.25) is 0 Å². The zero-order chi connectivity index (χ0) is 52.9. The predicted octanol–water partition coefficient (Wildman–Crippen LogP) is -0.664. The summed E-state index contributed by atoms with van der Waals surface area (Å²) >= 11 is 0. The number of carbonyl (C=O) groups excluding carboxylic acids is 9. The van der Waals surface area contributed by atoms with Gasteiger partial charge in [-0.1, -0.05) is 55.4 Å². The number of nitrogens with one attached hydrogen (secondary N) is 8. The fourth-order valence-electron chi connectivity index (χ4n) is 6.70. The number of primary amides is 1. The number of nitrogens with zero attached hydrogens (tertiary/aromatic N) is 3. The Bertz CT molecular complexity index is 1950. The highest BCUT2D eigenvalue weighted by atomic mass is 16.2. The Labute approximate surface area is 406 Å². The van der Waals surface area contributed by atoms with Crippen LogP contribution in [0.3, 0.4) is 0 Å². The Morgan fingerprint density at radius 1 is 0.638 bits per heavy atom. The van der Waals surface area contributed by atoms with Crippen molar-refractivity contribution in [2.75, 3.05) is 37.2 Å². The number of carbonyl (C=O) groups is 9. The molecule has 9 amide bonds. The predicted molar refractivity (Wildman–Crippen MR) is 264 cm³/mol. The highest BCUT2D eigenvalue weighted by molar-refractivity contribution is 6.37. The van der Waals surface area contributed by atoms with Gasteiger partial charge in [0.25, 0.3) is 5.91 Å². The van der Waals surface area contributed by atoms with Gasteiger partial charge in [0.05, 0.1) is 12.2 Å². The van der Waals surface area contributed by atoms with E-state index in [1.165, 1.54) is 20.8 Å². The molecule has 0 bridgehead atoms. The van der Waals surface area contributed by atoms with Crippen LogP contribution in [-0.4, -0.2) is 122 Å². The first-order chi connectivity index (χ1) is 32.0.